The summed E-state index contributed by atoms with van der Waals surface area (Å²) >= 11 is 1.53. The Morgan fingerprint density at radius 1 is 1.11 bits per heavy atom. The van der Waals surface area contributed by atoms with Gasteiger partial charge in [0.15, 0.2) is 11.5 Å². The predicted octanol–water partition coefficient (Wildman–Crippen LogP) is 3.51. The van der Waals surface area contributed by atoms with E-state index in [1.807, 2.05) is 6.92 Å². The molecular formula is C32H36N4O7S. The first-order valence-electron chi connectivity index (χ1n) is 14.8. The van der Waals surface area contributed by atoms with Crippen LogP contribution in [-0.2, 0) is 20.7 Å². The molecular weight excluding hydrogens is 584 g/mol. The van der Waals surface area contributed by atoms with Crippen LogP contribution >= 0.6 is 11.8 Å². The highest BCUT2D eigenvalue weighted by Crippen LogP contribution is 2.63. The van der Waals surface area contributed by atoms with Gasteiger partial charge in [-0.1, -0.05) is 6.07 Å². The van der Waals surface area contributed by atoms with Gasteiger partial charge in [0.25, 0.3) is 6.17 Å². The van der Waals surface area contributed by atoms with E-state index in [4.69, 9.17) is 36.0 Å². The molecule has 0 saturated carbocycles. The number of nitrogens with zero attached hydrogens (tertiary/aromatic N) is 3. The van der Waals surface area contributed by atoms with E-state index >= 15 is 0 Å². The highest BCUT2D eigenvalue weighted by atomic mass is 32.2. The summed E-state index contributed by atoms with van der Waals surface area (Å²) in [5.41, 5.74) is 13.1. The second-order valence-electron chi connectivity index (χ2n) is 12.2. The molecule has 5 heterocycles. The molecule has 5 aliphatic heterocycles. The maximum absolute atomic E-state index is 13.0. The van der Waals surface area contributed by atoms with Gasteiger partial charge in [0.05, 0.1) is 30.5 Å². The Bertz CT molecular complexity index is 1640. The molecule has 2 aromatic rings. The van der Waals surface area contributed by atoms with Crippen LogP contribution in [-0.4, -0.2) is 79.3 Å². The Kier molecular flexibility index (Phi) is 7.01. The number of thioether (sulfide) groups is 1. The lowest BCUT2D eigenvalue weighted by molar-refractivity contribution is -0.150. The maximum atomic E-state index is 13.0. The molecule has 1 unspecified atom stereocenters. The van der Waals surface area contributed by atoms with Crippen LogP contribution in [0.1, 0.15) is 63.2 Å². The molecule has 44 heavy (non-hydrogen) atoms. The molecule has 0 aliphatic carbocycles. The van der Waals surface area contributed by atoms with E-state index in [9.17, 15) is 9.59 Å². The summed E-state index contributed by atoms with van der Waals surface area (Å²) in [5, 5.41) is -0.351. The van der Waals surface area contributed by atoms with Crippen LogP contribution in [0.15, 0.2) is 6.07 Å². The molecule has 11 nitrogen and oxygen atoms in total. The van der Waals surface area contributed by atoms with E-state index in [2.05, 4.69) is 41.6 Å². The van der Waals surface area contributed by atoms with Crippen molar-refractivity contribution in [3.05, 3.63) is 56.4 Å². The van der Waals surface area contributed by atoms with Crippen LogP contribution in [0.2, 0.25) is 0 Å². The number of carbonyl (C=O) groups excluding carboxylic acids is 2. The van der Waals surface area contributed by atoms with Gasteiger partial charge >= 0.3 is 11.9 Å². The van der Waals surface area contributed by atoms with E-state index in [1.54, 1.807) is 7.11 Å². The lowest BCUT2D eigenvalue weighted by atomic mass is 9.72. The number of piperazine rings is 1. The zero-order valence-electron chi connectivity index (χ0n) is 25.6. The van der Waals surface area contributed by atoms with Gasteiger partial charge in [-0.25, -0.2) is 11.5 Å². The molecule has 4 bridgehead atoms. The first-order valence-corrected chi connectivity index (χ1v) is 15.8. The molecule has 2 fully saturated rings. The molecule has 12 heteroatoms. The van der Waals surface area contributed by atoms with E-state index in [-0.39, 0.29) is 42.5 Å². The molecule has 2 aromatic carbocycles. The highest BCUT2D eigenvalue weighted by molar-refractivity contribution is 7.99. The van der Waals surface area contributed by atoms with Crippen molar-refractivity contribution in [1.82, 2.24) is 9.80 Å². The lowest BCUT2D eigenvalue weighted by Crippen LogP contribution is -2.69. The molecule has 0 radical (unpaired) electrons. The number of carbonyl (C=O) groups is 2. The van der Waals surface area contributed by atoms with Gasteiger partial charge < -0.3 is 29.4 Å². The summed E-state index contributed by atoms with van der Waals surface area (Å²) in [5.74, 6) is 1.66. The number of hydrogen-bond donors (Lipinski definition) is 1. The van der Waals surface area contributed by atoms with Crippen LogP contribution in [0, 0.1) is 27.3 Å². The molecule has 7 rings (SSSR count). The molecule has 232 valence electrons. The molecule has 7 atom stereocenters. The Labute approximate surface area is 260 Å². The van der Waals surface area contributed by atoms with Gasteiger partial charge in [0, 0.05) is 29.4 Å². The van der Waals surface area contributed by atoms with E-state index < -0.39 is 30.2 Å². The number of ether oxygens (including phenoxy) is 5. The minimum Gasteiger partial charge on any atom is -0.496 e. The van der Waals surface area contributed by atoms with Crippen LogP contribution in [0.5, 0.6) is 23.0 Å². The van der Waals surface area contributed by atoms with Gasteiger partial charge in [-0.05, 0) is 56.5 Å². The van der Waals surface area contributed by atoms with Crippen molar-refractivity contribution in [2.24, 2.45) is 5.73 Å². The van der Waals surface area contributed by atoms with Gasteiger partial charge in [-0.3, -0.25) is 19.3 Å². The second-order valence-corrected chi connectivity index (χ2v) is 13.4. The first kappa shape index (κ1) is 29.2. The largest absolute Gasteiger partial charge is 0.496 e. The number of esters is 2. The van der Waals surface area contributed by atoms with Crippen molar-refractivity contribution in [3.63, 3.8) is 0 Å². The van der Waals surface area contributed by atoms with E-state index in [0.717, 1.165) is 28.0 Å². The fourth-order valence-electron chi connectivity index (χ4n) is 8.28. The third kappa shape index (κ3) is 3.99. The molecule has 2 saturated heterocycles. The zero-order valence-corrected chi connectivity index (χ0v) is 26.4. The molecule has 0 spiro atoms. The summed E-state index contributed by atoms with van der Waals surface area (Å²) in [7, 11) is 3.80. The van der Waals surface area contributed by atoms with E-state index in [0.29, 0.717) is 29.2 Å². The number of fused-ring (bicyclic) bond motifs is 9. The number of aryl methyl sites for hydroxylation is 1. The fourth-order valence-corrected chi connectivity index (χ4v) is 9.72. The minimum atomic E-state index is -0.836. The number of cyclic esters (lactones) is 1. The van der Waals surface area contributed by atoms with Crippen molar-refractivity contribution in [1.29, 1.82) is 0 Å². The minimum absolute atomic E-state index is 0.0106. The summed E-state index contributed by atoms with van der Waals surface area (Å²) in [6, 6.07) is 0.255. The van der Waals surface area contributed by atoms with Crippen molar-refractivity contribution in [2.75, 3.05) is 33.3 Å². The summed E-state index contributed by atoms with van der Waals surface area (Å²) < 4.78 is 29.9. The zero-order chi connectivity index (χ0) is 31.2. The van der Waals surface area contributed by atoms with Gasteiger partial charge in [-0.2, -0.15) is 0 Å². The number of likely N-dealkylation sites (N-methyl/N-ethyl adjacent to an activating group) is 1. The number of methoxy groups -OCH3 is 1. The Morgan fingerprint density at radius 2 is 1.86 bits per heavy atom. The highest BCUT2D eigenvalue weighted by Gasteiger charge is 2.62. The van der Waals surface area contributed by atoms with Gasteiger partial charge in [0.1, 0.15) is 30.2 Å². The van der Waals surface area contributed by atoms with Gasteiger partial charge in [0.2, 0.25) is 6.79 Å². The molecule has 0 aromatic heterocycles. The number of rotatable bonds is 2. The number of hydrogen-bond acceptors (Lipinski definition) is 11. The third-order valence-corrected chi connectivity index (χ3v) is 11.4. The average molecular weight is 621 g/mol. The standard InChI is InChI=1S/C32H36N4O7S/c1-13-8-17-9-19-31(34-5)36-20-10-40-32(38)18(33)11-44-30(25(36)24(35(19)6)21(17)14(2)26(13)39-7)23-22(20)29-28(41-12-42-29)15(3)27(23)43-16(4)37/h8,18-20,24-25,30-31H,9-12,33H2,1-4,6-7H3/t18-,19-,20+,24-,25?,30+,31+/m0/s1. The van der Waals surface area contributed by atoms with Crippen molar-refractivity contribution in [2.45, 2.75) is 75.7 Å². The van der Waals surface area contributed by atoms with Gasteiger partial charge in [-0.15, -0.1) is 11.8 Å². The second kappa shape index (κ2) is 10.5. The molecule has 0 amide bonds. The van der Waals surface area contributed by atoms with Crippen molar-refractivity contribution >= 4 is 23.7 Å². The Morgan fingerprint density at radius 3 is 2.57 bits per heavy atom. The monoisotopic (exact) mass is 620 g/mol. The van der Waals surface area contributed by atoms with Crippen molar-refractivity contribution < 1.29 is 33.3 Å². The number of nitrogens with two attached hydrogens (primary N) is 1. The molecule has 5 aliphatic rings. The van der Waals surface area contributed by atoms with E-state index in [1.165, 1.54) is 29.8 Å². The number of benzene rings is 2. The van der Waals surface area contributed by atoms with Crippen molar-refractivity contribution in [3.8, 4) is 23.0 Å². The van der Waals surface area contributed by atoms with Crippen LogP contribution < -0.4 is 24.7 Å². The smallest absolute Gasteiger partial charge is 0.323 e. The fraction of sp³-hybridized carbons (Fsp3) is 0.531. The summed E-state index contributed by atoms with van der Waals surface area (Å²) in [6.45, 7) is 15.9. The van der Waals surface area contributed by atoms with Crippen LogP contribution in [0.3, 0.4) is 0 Å². The first-order chi connectivity index (χ1) is 21.1. The SMILES string of the molecule is [C-]#[N+][C@H]1[C@@H]2Cc3cc(C)c(OC)c(C)c3[C@@H](C3[C@@H]4SC[C@H](N)C(=O)OC[C@H](c5c6c(c(C)c(OC(C)=O)c54)OCO6)N31)N2C. The predicted molar refractivity (Wildman–Crippen MR) is 162 cm³/mol. The lowest BCUT2D eigenvalue weighted by Gasteiger charge is -2.59. The normalized spacial score (nSPS) is 30.4. The Hall–Kier alpha value is -3.50. The maximum Gasteiger partial charge on any atom is 0.323 e. The topological polar surface area (TPSA) is 117 Å². The average Bonchev–Trinajstić information content (AvgIpc) is 3.47. The Balaban J connectivity index is 1.56. The quantitative estimate of drug-likeness (QED) is 0.302. The van der Waals surface area contributed by atoms with Crippen LogP contribution in [0.4, 0.5) is 0 Å². The van der Waals surface area contributed by atoms with Crippen LogP contribution in [0.25, 0.3) is 4.85 Å². The summed E-state index contributed by atoms with van der Waals surface area (Å²) in [6.07, 6.45) is 0.137. The summed E-state index contributed by atoms with van der Waals surface area (Å²) in [4.78, 5) is 34.4. The third-order valence-electron chi connectivity index (χ3n) is 9.93. The molecule has 2 N–H and O–H groups in total.